The Morgan fingerprint density at radius 3 is 2.31 bits per heavy atom. The van der Waals surface area contributed by atoms with Gasteiger partial charge in [0.05, 0.1) is 5.84 Å². The summed E-state index contributed by atoms with van der Waals surface area (Å²) in [5.41, 5.74) is 6.78. The summed E-state index contributed by atoms with van der Waals surface area (Å²) in [6.07, 6.45) is 12.4. The molecule has 3 saturated carbocycles. The molecule has 2 N–H and O–H groups in total. The van der Waals surface area contributed by atoms with Gasteiger partial charge in [-0.1, -0.05) is 19.3 Å². The monoisotopic (exact) mass is 220 g/mol. The van der Waals surface area contributed by atoms with Gasteiger partial charge in [-0.2, -0.15) is 0 Å². The maximum absolute atomic E-state index is 6.15. The van der Waals surface area contributed by atoms with Crippen molar-refractivity contribution in [2.75, 3.05) is 6.54 Å². The van der Waals surface area contributed by atoms with E-state index in [9.17, 15) is 0 Å². The second kappa shape index (κ2) is 4.05. The van der Waals surface area contributed by atoms with E-state index < -0.39 is 0 Å². The molecule has 0 spiro atoms. The Kier molecular flexibility index (Phi) is 2.68. The lowest BCUT2D eigenvalue weighted by molar-refractivity contribution is 0.427. The first-order chi connectivity index (χ1) is 7.80. The minimum absolute atomic E-state index is 0.615. The highest BCUT2D eigenvalue weighted by Crippen LogP contribution is 2.61. The number of aliphatic imine (C=N–C) groups is 1. The van der Waals surface area contributed by atoms with Crippen LogP contribution < -0.4 is 5.73 Å². The van der Waals surface area contributed by atoms with E-state index in [0.29, 0.717) is 11.3 Å². The summed E-state index contributed by atoms with van der Waals surface area (Å²) in [5, 5.41) is 0. The van der Waals surface area contributed by atoms with Gasteiger partial charge in [0.15, 0.2) is 0 Å². The van der Waals surface area contributed by atoms with Crippen LogP contribution in [0.15, 0.2) is 4.99 Å². The zero-order chi connectivity index (χ0) is 11.0. The maximum Gasteiger partial charge on any atom is 0.0968 e. The van der Waals surface area contributed by atoms with Crippen molar-refractivity contribution in [1.82, 2.24) is 0 Å². The third-order valence-electron chi connectivity index (χ3n) is 4.94. The van der Waals surface area contributed by atoms with Gasteiger partial charge >= 0.3 is 0 Å². The van der Waals surface area contributed by atoms with Crippen LogP contribution in [0.1, 0.15) is 57.8 Å². The highest BCUT2D eigenvalue weighted by atomic mass is 14.9. The largest absolute Gasteiger partial charge is 0.387 e. The summed E-state index contributed by atoms with van der Waals surface area (Å²) in [6, 6.07) is 0. The van der Waals surface area contributed by atoms with Gasteiger partial charge < -0.3 is 5.73 Å². The van der Waals surface area contributed by atoms with Crippen LogP contribution in [0.2, 0.25) is 0 Å². The molecule has 2 heteroatoms. The molecule has 0 heterocycles. The number of nitrogens with two attached hydrogens (primary N) is 1. The fraction of sp³-hybridized carbons (Fsp3) is 0.929. The van der Waals surface area contributed by atoms with Crippen molar-refractivity contribution in [3.05, 3.63) is 0 Å². The molecule has 16 heavy (non-hydrogen) atoms. The van der Waals surface area contributed by atoms with Gasteiger partial charge in [0.25, 0.3) is 0 Å². The number of hydrogen-bond donors (Lipinski definition) is 1. The molecule has 0 atom stereocenters. The van der Waals surface area contributed by atoms with Crippen LogP contribution in [-0.4, -0.2) is 12.4 Å². The average Bonchev–Trinajstić information content (AvgIpc) is 3.17. The van der Waals surface area contributed by atoms with Gasteiger partial charge in [0.2, 0.25) is 0 Å². The first-order valence-corrected chi connectivity index (χ1v) is 7.10. The molecular formula is C14H24N2. The van der Waals surface area contributed by atoms with E-state index in [4.69, 9.17) is 10.7 Å². The van der Waals surface area contributed by atoms with Gasteiger partial charge in [-0.3, -0.25) is 4.99 Å². The average molecular weight is 220 g/mol. The van der Waals surface area contributed by atoms with Gasteiger partial charge in [0.1, 0.15) is 0 Å². The molecule has 0 amide bonds. The summed E-state index contributed by atoms with van der Waals surface area (Å²) < 4.78 is 0. The number of nitrogens with zero attached hydrogens (tertiary/aromatic N) is 1. The molecule has 90 valence electrons. The van der Waals surface area contributed by atoms with Crippen molar-refractivity contribution in [3.8, 4) is 0 Å². The van der Waals surface area contributed by atoms with Crippen LogP contribution in [0.3, 0.4) is 0 Å². The zero-order valence-electron chi connectivity index (χ0n) is 10.3. The number of amidine groups is 1. The number of hydrogen-bond acceptors (Lipinski definition) is 1. The van der Waals surface area contributed by atoms with E-state index in [2.05, 4.69) is 0 Å². The van der Waals surface area contributed by atoms with Crippen molar-refractivity contribution in [2.24, 2.45) is 28.0 Å². The minimum atomic E-state index is 0.615. The van der Waals surface area contributed by atoms with Gasteiger partial charge in [-0.05, 0) is 49.9 Å². The van der Waals surface area contributed by atoms with E-state index in [-0.39, 0.29) is 0 Å². The molecule has 0 aromatic carbocycles. The van der Waals surface area contributed by atoms with Gasteiger partial charge in [0, 0.05) is 12.5 Å². The molecule has 2 nitrogen and oxygen atoms in total. The SMILES string of the molecule is NC(=NCC1(C2CC2)CC1)C1CCCCC1. The van der Waals surface area contributed by atoms with Crippen LogP contribution >= 0.6 is 0 Å². The van der Waals surface area contributed by atoms with Crippen LogP contribution in [0.25, 0.3) is 0 Å². The summed E-state index contributed by atoms with van der Waals surface area (Å²) in [6.45, 7) is 1.04. The van der Waals surface area contributed by atoms with E-state index in [0.717, 1.165) is 18.3 Å². The Morgan fingerprint density at radius 2 is 1.75 bits per heavy atom. The Bertz CT molecular complexity index is 281. The maximum atomic E-state index is 6.15. The molecule has 3 fully saturated rings. The smallest absolute Gasteiger partial charge is 0.0968 e. The zero-order valence-corrected chi connectivity index (χ0v) is 10.3. The molecule has 3 aliphatic carbocycles. The van der Waals surface area contributed by atoms with Crippen LogP contribution in [-0.2, 0) is 0 Å². The second-order valence-corrected chi connectivity index (χ2v) is 6.21. The summed E-state index contributed by atoms with van der Waals surface area (Å²) in [4.78, 5) is 4.74. The van der Waals surface area contributed by atoms with E-state index in [1.165, 1.54) is 57.8 Å². The van der Waals surface area contributed by atoms with Crippen molar-refractivity contribution in [2.45, 2.75) is 57.8 Å². The van der Waals surface area contributed by atoms with E-state index in [1.807, 2.05) is 0 Å². The highest BCUT2D eigenvalue weighted by molar-refractivity contribution is 5.82. The van der Waals surface area contributed by atoms with Gasteiger partial charge in [-0.15, -0.1) is 0 Å². The lowest BCUT2D eigenvalue weighted by atomic mass is 9.88. The normalized spacial score (nSPS) is 30.4. The lowest BCUT2D eigenvalue weighted by Gasteiger charge is -2.21. The topological polar surface area (TPSA) is 38.4 Å². The molecule has 0 saturated heterocycles. The molecular weight excluding hydrogens is 196 g/mol. The molecule has 0 aromatic heterocycles. The van der Waals surface area contributed by atoms with Crippen LogP contribution in [0.5, 0.6) is 0 Å². The molecule has 0 unspecified atom stereocenters. The fourth-order valence-corrected chi connectivity index (χ4v) is 3.33. The van der Waals surface area contributed by atoms with Crippen LogP contribution in [0, 0.1) is 17.3 Å². The van der Waals surface area contributed by atoms with E-state index in [1.54, 1.807) is 0 Å². The minimum Gasteiger partial charge on any atom is -0.387 e. The highest BCUT2D eigenvalue weighted by Gasteiger charge is 2.53. The Labute approximate surface area is 98.7 Å². The Balaban J connectivity index is 1.54. The lowest BCUT2D eigenvalue weighted by Crippen LogP contribution is -2.27. The van der Waals surface area contributed by atoms with Crippen molar-refractivity contribution < 1.29 is 0 Å². The fourth-order valence-electron chi connectivity index (χ4n) is 3.33. The van der Waals surface area contributed by atoms with Crippen molar-refractivity contribution in [3.63, 3.8) is 0 Å². The molecule has 0 bridgehead atoms. The first kappa shape index (κ1) is 10.6. The Hall–Kier alpha value is -0.530. The molecule has 0 aliphatic heterocycles. The van der Waals surface area contributed by atoms with Gasteiger partial charge in [-0.25, -0.2) is 0 Å². The third kappa shape index (κ3) is 2.11. The summed E-state index contributed by atoms with van der Waals surface area (Å²) in [5.74, 6) is 2.60. The summed E-state index contributed by atoms with van der Waals surface area (Å²) >= 11 is 0. The van der Waals surface area contributed by atoms with Crippen molar-refractivity contribution in [1.29, 1.82) is 0 Å². The first-order valence-electron chi connectivity index (χ1n) is 7.10. The predicted octanol–water partition coefficient (Wildman–Crippen LogP) is 3.11. The second-order valence-electron chi connectivity index (χ2n) is 6.21. The van der Waals surface area contributed by atoms with Crippen LogP contribution in [0.4, 0.5) is 0 Å². The molecule has 0 radical (unpaired) electrons. The standard InChI is InChI=1S/C14H24N2/c15-13(11-4-2-1-3-5-11)16-10-14(8-9-14)12-6-7-12/h11-12H,1-10H2,(H2,15,16). The van der Waals surface area contributed by atoms with E-state index >= 15 is 0 Å². The predicted molar refractivity (Wildman–Crippen MR) is 67.5 cm³/mol. The molecule has 3 aliphatic rings. The van der Waals surface area contributed by atoms with Crippen molar-refractivity contribution >= 4 is 5.84 Å². The summed E-state index contributed by atoms with van der Waals surface area (Å²) in [7, 11) is 0. The molecule has 0 aromatic rings. The molecule has 3 rings (SSSR count). The third-order valence-corrected chi connectivity index (χ3v) is 4.94. The quantitative estimate of drug-likeness (QED) is 0.574. The number of rotatable bonds is 4. The Morgan fingerprint density at radius 1 is 1.06 bits per heavy atom.